The fourth-order valence-corrected chi connectivity index (χ4v) is 3.67. The Hall–Kier alpha value is -4.05. The van der Waals surface area contributed by atoms with Crippen LogP contribution in [0.1, 0.15) is 0 Å². The summed E-state index contributed by atoms with van der Waals surface area (Å²) in [5, 5.41) is 3.27. The van der Waals surface area contributed by atoms with Gasteiger partial charge in [0.15, 0.2) is 11.4 Å². The largest absolute Gasteiger partial charge is 0.435 e. The molecule has 0 fully saturated rings. The maximum absolute atomic E-state index is 6.02. The minimum absolute atomic E-state index is 0.506. The Balaban J connectivity index is 1.61. The van der Waals surface area contributed by atoms with Gasteiger partial charge < -0.3 is 4.42 Å². The zero-order valence-electron chi connectivity index (χ0n) is 15.4. The number of oxazole rings is 1. The van der Waals surface area contributed by atoms with Crippen LogP contribution in [0.3, 0.4) is 0 Å². The van der Waals surface area contributed by atoms with Crippen LogP contribution >= 0.6 is 0 Å². The van der Waals surface area contributed by atoms with E-state index in [-0.39, 0.29) is 0 Å². The standard InChI is InChI=1S/C25H15N3O/c1-2-8-17-15-18(14-13-16(17)7-1)24-26-20-10-4-3-9-19(20)23(28-24)25-27-21-11-5-6-12-22(21)29-25/h1-15H. The van der Waals surface area contributed by atoms with E-state index in [1.807, 2.05) is 60.7 Å². The number of hydrogen-bond acceptors (Lipinski definition) is 4. The van der Waals surface area contributed by atoms with Crippen molar-refractivity contribution in [2.24, 2.45) is 0 Å². The van der Waals surface area contributed by atoms with Gasteiger partial charge in [-0.2, -0.15) is 0 Å². The van der Waals surface area contributed by atoms with Crippen molar-refractivity contribution in [1.82, 2.24) is 15.0 Å². The Bertz CT molecular complexity index is 1480. The van der Waals surface area contributed by atoms with E-state index in [9.17, 15) is 0 Å². The molecule has 2 aromatic heterocycles. The van der Waals surface area contributed by atoms with Gasteiger partial charge in [0.25, 0.3) is 0 Å². The Labute approximate surface area is 166 Å². The molecule has 0 amide bonds. The van der Waals surface area contributed by atoms with Crippen molar-refractivity contribution in [3.05, 3.63) is 91.0 Å². The van der Waals surface area contributed by atoms with Crippen LogP contribution in [-0.2, 0) is 0 Å². The number of hydrogen-bond donors (Lipinski definition) is 0. The Kier molecular flexibility index (Phi) is 3.43. The van der Waals surface area contributed by atoms with Crippen molar-refractivity contribution in [3.8, 4) is 23.0 Å². The summed E-state index contributed by atoms with van der Waals surface area (Å²) < 4.78 is 6.02. The van der Waals surface area contributed by atoms with Gasteiger partial charge in [-0.3, -0.25) is 0 Å². The van der Waals surface area contributed by atoms with E-state index in [1.165, 1.54) is 5.39 Å². The van der Waals surface area contributed by atoms with Crippen LogP contribution in [0.2, 0.25) is 0 Å². The molecule has 0 aliphatic heterocycles. The molecule has 0 radical (unpaired) electrons. The number of fused-ring (bicyclic) bond motifs is 3. The first-order valence-corrected chi connectivity index (χ1v) is 9.47. The van der Waals surface area contributed by atoms with E-state index in [2.05, 4.69) is 35.3 Å². The van der Waals surface area contributed by atoms with E-state index in [0.29, 0.717) is 17.4 Å². The smallest absolute Gasteiger partial charge is 0.247 e. The molecular weight excluding hydrogens is 358 g/mol. The van der Waals surface area contributed by atoms with Gasteiger partial charge in [0, 0.05) is 10.9 Å². The molecule has 0 saturated carbocycles. The normalized spacial score (nSPS) is 11.4. The van der Waals surface area contributed by atoms with E-state index in [4.69, 9.17) is 14.4 Å². The van der Waals surface area contributed by atoms with Gasteiger partial charge >= 0.3 is 0 Å². The zero-order valence-corrected chi connectivity index (χ0v) is 15.4. The molecule has 0 spiro atoms. The number of benzene rings is 4. The molecule has 6 aromatic rings. The van der Waals surface area contributed by atoms with Gasteiger partial charge in [-0.05, 0) is 35.0 Å². The van der Waals surface area contributed by atoms with Gasteiger partial charge in [-0.15, -0.1) is 0 Å². The van der Waals surface area contributed by atoms with Crippen molar-refractivity contribution in [2.45, 2.75) is 0 Å². The van der Waals surface area contributed by atoms with E-state index in [0.717, 1.165) is 33.0 Å². The van der Waals surface area contributed by atoms with Crippen LogP contribution in [0.15, 0.2) is 95.4 Å². The van der Waals surface area contributed by atoms with E-state index >= 15 is 0 Å². The van der Waals surface area contributed by atoms with E-state index < -0.39 is 0 Å². The molecule has 0 aliphatic carbocycles. The van der Waals surface area contributed by atoms with Crippen LogP contribution in [0, 0.1) is 0 Å². The summed E-state index contributed by atoms with van der Waals surface area (Å²) >= 11 is 0. The lowest BCUT2D eigenvalue weighted by atomic mass is 10.1. The lowest BCUT2D eigenvalue weighted by Crippen LogP contribution is -1.95. The molecule has 0 N–H and O–H groups in total. The Morgan fingerprint density at radius 1 is 0.586 bits per heavy atom. The van der Waals surface area contributed by atoms with Crippen molar-refractivity contribution in [3.63, 3.8) is 0 Å². The fraction of sp³-hybridized carbons (Fsp3) is 0. The van der Waals surface area contributed by atoms with E-state index in [1.54, 1.807) is 0 Å². The minimum atomic E-state index is 0.506. The summed E-state index contributed by atoms with van der Waals surface area (Å²) in [6.07, 6.45) is 0. The fourth-order valence-electron chi connectivity index (χ4n) is 3.67. The van der Waals surface area contributed by atoms with Crippen molar-refractivity contribution < 1.29 is 4.42 Å². The first kappa shape index (κ1) is 16.0. The highest BCUT2D eigenvalue weighted by Crippen LogP contribution is 2.31. The second kappa shape index (κ2) is 6.24. The van der Waals surface area contributed by atoms with Crippen LogP contribution in [-0.4, -0.2) is 15.0 Å². The van der Waals surface area contributed by atoms with Crippen LogP contribution < -0.4 is 0 Å². The highest BCUT2D eigenvalue weighted by molar-refractivity contribution is 5.93. The summed E-state index contributed by atoms with van der Waals surface area (Å²) in [6.45, 7) is 0. The lowest BCUT2D eigenvalue weighted by molar-refractivity contribution is 0.617. The highest BCUT2D eigenvalue weighted by atomic mass is 16.3. The number of nitrogens with zero attached hydrogens (tertiary/aromatic N) is 3. The average Bonchev–Trinajstić information content (AvgIpc) is 3.22. The summed E-state index contributed by atoms with van der Waals surface area (Å²) in [5.41, 5.74) is 4.10. The summed E-state index contributed by atoms with van der Waals surface area (Å²) in [4.78, 5) is 14.3. The molecule has 0 saturated heterocycles. The first-order valence-electron chi connectivity index (χ1n) is 9.47. The molecule has 136 valence electrons. The maximum Gasteiger partial charge on any atom is 0.247 e. The topological polar surface area (TPSA) is 51.8 Å². The zero-order chi connectivity index (χ0) is 19.2. The third-order valence-electron chi connectivity index (χ3n) is 5.11. The van der Waals surface area contributed by atoms with Crippen LogP contribution in [0.5, 0.6) is 0 Å². The molecule has 0 unspecified atom stereocenters. The summed E-state index contributed by atoms with van der Waals surface area (Å²) in [6, 6.07) is 30.3. The molecule has 4 heteroatoms. The van der Waals surface area contributed by atoms with Crippen molar-refractivity contribution in [2.75, 3.05) is 0 Å². The van der Waals surface area contributed by atoms with Crippen LogP contribution in [0.25, 0.3) is 55.7 Å². The number of aromatic nitrogens is 3. The molecule has 4 aromatic carbocycles. The maximum atomic E-state index is 6.02. The quantitative estimate of drug-likeness (QED) is 0.359. The molecule has 2 heterocycles. The third kappa shape index (κ3) is 2.65. The molecule has 4 nitrogen and oxygen atoms in total. The van der Waals surface area contributed by atoms with Gasteiger partial charge in [0.05, 0.1) is 5.52 Å². The molecule has 0 atom stereocenters. The first-order chi connectivity index (χ1) is 14.3. The summed E-state index contributed by atoms with van der Waals surface area (Å²) in [7, 11) is 0. The Morgan fingerprint density at radius 3 is 2.24 bits per heavy atom. The predicted octanol–water partition coefficient (Wildman–Crippen LogP) is 6.26. The molecular formula is C25H15N3O. The molecule has 0 bridgehead atoms. The second-order valence-corrected chi connectivity index (χ2v) is 6.96. The van der Waals surface area contributed by atoms with Crippen LogP contribution in [0.4, 0.5) is 0 Å². The molecule has 6 rings (SSSR count). The molecule has 29 heavy (non-hydrogen) atoms. The average molecular weight is 373 g/mol. The molecule has 0 aliphatic rings. The van der Waals surface area contributed by atoms with Crippen molar-refractivity contribution >= 4 is 32.8 Å². The third-order valence-corrected chi connectivity index (χ3v) is 5.11. The SMILES string of the molecule is c1ccc2cc(-c3nc(-c4nc5ccccc5o4)c4ccccc4n3)ccc2c1. The van der Waals surface area contributed by atoms with Crippen molar-refractivity contribution in [1.29, 1.82) is 0 Å². The van der Waals surface area contributed by atoms with Gasteiger partial charge in [-0.25, -0.2) is 15.0 Å². The number of rotatable bonds is 2. The summed E-state index contributed by atoms with van der Waals surface area (Å²) in [5.74, 6) is 1.17. The van der Waals surface area contributed by atoms with Gasteiger partial charge in [0.1, 0.15) is 11.2 Å². The second-order valence-electron chi connectivity index (χ2n) is 6.96. The van der Waals surface area contributed by atoms with Gasteiger partial charge in [0.2, 0.25) is 5.89 Å². The Morgan fingerprint density at radius 2 is 1.34 bits per heavy atom. The minimum Gasteiger partial charge on any atom is -0.435 e. The highest BCUT2D eigenvalue weighted by Gasteiger charge is 2.16. The predicted molar refractivity (Wildman–Crippen MR) is 115 cm³/mol. The lowest BCUT2D eigenvalue weighted by Gasteiger charge is -2.07. The van der Waals surface area contributed by atoms with Gasteiger partial charge in [-0.1, -0.05) is 66.7 Å². The monoisotopic (exact) mass is 373 g/mol. The number of para-hydroxylation sites is 3.